The van der Waals surface area contributed by atoms with Crippen molar-refractivity contribution in [3.8, 4) is 11.3 Å². The van der Waals surface area contributed by atoms with Gasteiger partial charge in [0.15, 0.2) is 0 Å². The minimum atomic E-state index is 1.06. The normalized spacial score (nSPS) is 14.1. The summed E-state index contributed by atoms with van der Waals surface area (Å²) in [6, 6.07) is 8.73. The van der Waals surface area contributed by atoms with Crippen molar-refractivity contribution in [2.75, 3.05) is 0 Å². The van der Waals surface area contributed by atoms with Gasteiger partial charge in [-0.05, 0) is 31.2 Å². The molecule has 1 aliphatic rings. The fraction of sp³-hybridized carbons (Fsp3) is 0.357. The summed E-state index contributed by atoms with van der Waals surface area (Å²) in [6.45, 7) is 2.18. The zero-order valence-electron chi connectivity index (χ0n) is 9.49. The molecule has 3 rings (SSSR count). The average Bonchev–Trinajstić information content (AvgIpc) is 2.66. The molecule has 82 valence electrons. The number of hydrogen-bond acceptors (Lipinski definition) is 2. The lowest BCUT2D eigenvalue weighted by Gasteiger charge is -2.03. The largest absolute Gasteiger partial charge is 0.241 e. The molecule has 0 aliphatic heterocycles. The summed E-state index contributed by atoms with van der Waals surface area (Å²) in [5.41, 5.74) is 4.09. The molecule has 0 atom stereocenters. The lowest BCUT2D eigenvalue weighted by Crippen LogP contribution is -1.87. The van der Waals surface area contributed by atoms with Crippen molar-refractivity contribution in [2.24, 2.45) is 0 Å². The standard InChI is InChI=1S/C14H15NS/c1-2-13-15-14-11-8-4-3-6-10(11)7-5-9-12(14)16-13/h3-4,6,8H,2,5,7,9H2,1H3. The first-order chi connectivity index (χ1) is 7.88. The van der Waals surface area contributed by atoms with Crippen LogP contribution in [0.1, 0.15) is 28.8 Å². The van der Waals surface area contributed by atoms with Crippen LogP contribution < -0.4 is 0 Å². The molecule has 1 heterocycles. The Kier molecular flexibility index (Phi) is 2.52. The molecule has 0 amide bonds. The minimum Gasteiger partial charge on any atom is -0.241 e. The van der Waals surface area contributed by atoms with Crippen LogP contribution in [-0.4, -0.2) is 4.98 Å². The summed E-state index contributed by atoms with van der Waals surface area (Å²) in [5.74, 6) is 0. The number of nitrogens with zero attached hydrogens (tertiary/aromatic N) is 1. The highest BCUT2D eigenvalue weighted by Gasteiger charge is 2.17. The number of hydrogen-bond donors (Lipinski definition) is 0. The highest BCUT2D eigenvalue weighted by molar-refractivity contribution is 7.12. The van der Waals surface area contributed by atoms with E-state index >= 15 is 0 Å². The number of aryl methyl sites for hydroxylation is 3. The van der Waals surface area contributed by atoms with Crippen LogP contribution in [0.15, 0.2) is 24.3 Å². The van der Waals surface area contributed by atoms with Gasteiger partial charge in [0.05, 0.1) is 10.7 Å². The predicted octanol–water partition coefficient (Wildman–Crippen LogP) is 3.86. The van der Waals surface area contributed by atoms with Crippen molar-refractivity contribution >= 4 is 11.3 Å². The van der Waals surface area contributed by atoms with Crippen molar-refractivity contribution in [2.45, 2.75) is 32.6 Å². The zero-order valence-corrected chi connectivity index (χ0v) is 10.3. The number of benzene rings is 1. The lowest BCUT2D eigenvalue weighted by molar-refractivity contribution is 0.843. The average molecular weight is 229 g/mol. The second-order valence-electron chi connectivity index (χ2n) is 4.24. The van der Waals surface area contributed by atoms with Gasteiger partial charge in [0, 0.05) is 10.4 Å². The van der Waals surface area contributed by atoms with E-state index in [0.29, 0.717) is 0 Å². The van der Waals surface area contributed by atoms with E-state index in [9.17, 15) is 0 Å². The molecular formula is C14H15NS. The Balaban J connectivity index is 2.20. The summed E-state index contributed by atoms with van der Waals surface area (Å²) >= 11 is 1.90. The third kappa shape index (κ3) is 1.57. The van der Waals surface area contributed by atoms with Crippen LogP contribution in [0.3, 0.4) is 0 Å². The second kappa shape index (κ2) is 4.02. The van der Waals surface area contributed by atoms with Crippen molar-refractivity contribution < 1.29 is 0 Å². The third-order valence-electron chi connectivity index (χ3n) is 3.17. The van der Waals surface area contributed by atoms with Crippen LogP contribution in [0.5, 0.6) is 0 Å². The summed E-state index contributed by atoms with van der Waals surface area (Å²) in [7, 11) is 0. The quantitative estimate of drug-likeness (QED) is 0.723. The minimum absolute atomic E-state index is 1.06. The first-order valence-electron chi connectivity index (χ1n) is 5.95. The van der Waals surface area contributed by atoms with Crippen molar-refractivity contribution in [3.63, 3.8) is 0 Å². The van der Waals surface area contributed by atoms with Gasteiger partial charge in [0.2, 0.25) is 0 Å². The van der Waals surface area contributed by atoms with Crippen LogP contribution in [0.4, 0.5) is 0 Å². The highest BCUT2D eigenvalue weighted by Crippen LogP contribution is 2.35. The summed E-state index contributed by atoms with van der Waals surface area (Å²) in [4.78, 5) is 6.28. The smallest absolute Gasteiger partial charge is 0.0932 e. The molecule has 0 saturated heterocycles. The number of thiazole rings is 1. The maximum absolute atomic E-state index is 4.79. The van der Waals surface area contributed by atoms with Gasteiger partial charge in [0.25, 0.3) is 0 Å². The second-order valence-corrected chi connectivity index (χ2v) is 5.41. The van der Waals surface area contributed by atoms with Gasteiger partial charge < -0.3 is 0 Å². The van der Waals surface area contributed by atoms with Gasteiger partial charge in [-0.15, -0.1) is 11.3 Å². The highest BCUT2D eigenvalue weighted by atomic mass is 32.1. The Hall–Kier alpha value is -1.15. The van der Waals surface area contributed by atoms with Gasteiger partial charge in [0.1, 0.15) is 0 Å². The van der Waals surface area contributed by atoms with Gasteiger partial charge >= 0.3 is 0 Å². The van der Waals surface area contributed by atoms with E-state index in [4.69, 9.17) is 4.98 Å². The van der Waals surface area contributed by atoms with E-state index < -0.39 is 0 Å². The topological polar surface area (TPSA) is 12.9 Å². The molecule has 0 unspecified atom stereocenters. The molecule has 0 saturated carbocycles. The number of rotatable bonds is 1. The molecule has 0 N–H and O–H groups in total. The molecule has 0 bridgehead atoms. The van der Waals surface area contributed by atoms with E-state index in [1.165, 1.54) is 46.0 Å². The molecule has 2 aromatic rings. The fourth-order valence-corrected chi connectivity index (χ4v) is 3.40. The van der Waals surface area contributed by atoms with Crippen molar-refractivity contribution in [1.82, 2.24) is 4.98 Å². The number of fused-ring (bicyclic) bond motifs is 3. The molecule has 0 fully saturated rings. The van der Waals surface area contributed by atoms with E-state index in [2.05, 4.69) is 31.2 Å². The molecule has 2 heteroatoms. The predicted molar refractivity (Wildman–Crippen MR) is 69.0 cm³/mol. The van der Waals surface area contributed by atoms with Gasteiger partial charge in [-0.1, -0.05) is 31.2 Å². The van der Waals surface area contributed by atoms with Crippen LogP contribution in [0, 0.1) is 0 Å². The van der Waals surface area contributed by atoms with E-state index in [1.54, 1.807) is 0 Å². The molecule has 1 aromatic carbocycles. The van der Waals surface area contributed by atoms with Crippen LogP contribution in [0.2, 0.25) is 0 Å². The first-order valence-corrected chi connectivity index (χ1v) is 6.77. The summed E-state index contributed by atoms with van der Waals surface area (Å²) in [6.07, 6.45) is 4.71. The SMILES string of the molecule is CCc1nc2c(s1)CCCc1ccccc1-2. The molecule has 0 radical (unpaired) electrons. The molecule has 1 aromatic heterocycles. The lowest BCUT2D eigenvalue weighted by atomic mass is 10.0. The van der Waals surface area contributed by atoms with Crippen LogP contribution in [-0.2, 0) is 19.3 Å². The molecule has 16 heavy (non-hydrogen) atoms. The third-order valence-corrected chi connectivity index (χ3v) is 4.43. The maximum Gasteiger partial charge on any atom is 0.0932 e. The maximum atomic E-state index is 4.79. The summed E-state index contributed by atoms with van der Waals surface area (Å²) < 4.78 is 0. The van der Waals surface area contributed by atoms with E-state index in [-0.39, 0.29) is 0 Å². The van der Waals surface area contributed by atoms with E-state index in [0.717, 1.165) is 6.42 Å². The molecule has 1 nitrogen and oxygen atoms in total. The van der Waals surface area contributed by atoms with Gasteiger partial charge in [-0.3, -0.25) is 0 Å². The Labute approximate surface area is 100 Å². The number of aromatic nitrogens is 1. The van der Waals surface area contributed by atoms with Gasteiger partial charge in [-0.2, -0.15) is 0 Å². The van der Waals surface area contributed by atoms with Crippen LogP contribution in [0.25, 0.3) is 11.3 Å². The summed E-state index contributed by atoms with van der Waals surface area (Å²) in [5, 5.41) is 1.28. The monoisotopic (exact) mass is 229 g/mol. The Bertz CT molecular complexity index is 513. The van der Waals surface area contributed by atoms with Crippen molar-refractivity contribution in [1.29, 1.82) is 0 Å². The van der Waals surface area contributed by atoms with Gasteiger partial charge in [-0.25, -0.2) is 4.98 Å². The Morgan fingerprint density at radius 2 is 2.12 bits per heavy atom. The molecule has 0 spiro atoms. The van der Waals surface area contributed by atoms with E-state index in [1.807, 2.05) is 11.3 Å². The van der Waals surface area contributed by atoms with Crippen LogP contribution >= 0.6 is 11.3 Å². The molecular weight excluding hydrogens is 214 g/mol. The first kappa shape index (κ1) is 10.0. The van der Waals surface area contributed by atoms with Crippen molar-refractivity contribution in [3.05, 3.63) is 39.7 Å². The Morgan fingerprint density at radius 1 is 1.25 bits per heavy atom. The Morgan fingerprint density at radius 3 is 3.00 bits per heavy atom. The fourth-order valence-electron chi connectivity index (χ4n) is 2.34. The zero-order chi connectivity index (χ0) is 11.0. The molecule has 1 aliphatic carbocycles.